The molecule has 0 atom stereocenters. The molecule has 0 saturated heterocycles. The number of carbonyl (C=O) groups excluding carboxylic acids is 1. The molecule has 1 aromatic rings. The van der Waals surface area contributed by atoms with E-state index >= 15 is 0 Å². The third-order valence-corrected chi connectivity index (χ3v) is 3.36. The summed E-state index contributed by atoms with van der Waals surface area (Å²) in [6.07, 6.45) is 1.20. The highest BCUT2D eigenvalue weighted by atomic mass is 16.5. The van der Waals surface area contributed by atoms with Crippen LogP contribution in [0.3, 0.4) is 0 Å². The topological polar surface area (TPSA) is 56.2 Å². The van der Waals surface area contributed by atoms with Crippen LogP contribution in [-0.4, -0.2) is 29.4 Å². The van der Waals surface area contributed by atoms with E-state index in [1.54, 1.807) is 0 Å². The van der Waals surface area contributed by atoms with Gasteiger partial charge in [-0.3, -0.25) is 9.48 Å². The number of hydrogen-bond donors (Lipinski definition) is 1. The second-order valence-electron chi connectivity index (χ2n) is 5.58. The minimum Gasteiger partial charge on any atom is -0.469 e. The molecule has 0 spiro atoms. The van der Waals surface area contributed by atoms with Crippen LogP contribution in [0.2, 0.25) is 0 Å². The van der Waals surface area contributed by atoms with Crippen molar-refractivity contribution in [2.75, 3.05) is 13.7 Å². The molecule has 1 N–H and O–H groups in total. The zero-order chi connectivity index (χ0) is 15.1. The molecule has 0 aliphatic carbocycles. The average Bonchev–Trinajstić information content (AvgIpc) is 2.65. The Labute approximate surface area is 121 Å². The number of esters is 1. The largest absolute Gasteiger partial charge is 0.469 e. The minimum atomic E-state index is -0.162. The fourth-order valence-corrected chi connectivity index (χ4v) is 2.17. The van der Waals surface area contributed by atoms with Crippen molar-refractivity contribution in [3.05, 3.63) is 17.0 Å². The lowest BCUT2D eigenvalue weighted by Gasteiger charge is -2.08. The van der Waals surface area contributed by atoms with Crippen LogP contribution < -0.4 is 5.32 Å². The predicted octanol–water partition coefficient (Wildman–Crippen LogP) is 2.20. The van der Waals surface area contributed by atoms with E-state index < -0.39 is 0 Å². The van der Waals surface area contributed by atoms with E-state index in [0.29, 0.717) is 12.3 Å². The Hall–Kier alpha value is -1.36. The average molecular weight is 281 g/mol. The molecular weight excluding hydrogens is 254 g/mol. The highest BCUT2D eigenvalue weighted by molar-refractivity contribution is 5.68. The molecule has 5 nitrogen and oxygen atoms in total. The number of carbonyl (C=O) groups is 1. The van der Waals surface area contributed by atoms with Crippen molar-refractivity contribution < 1.29 is 9.53 Å². The fourth-order valence-electron chi connectivity index (χ4n) is 2.17. The van der Waals surface area contributed by atoms with Crippen LogP contribution in [-0.2, 0) is 22.6 Å². The van der Waals surface area contributed by atoms with Crippen LogP contribution in [0.25, 0.3) is 0 Å². The normalized spacial score (nSPS) is 11.1. The van der Waals surface area contributed by atoms with Gasteiger partial charge in [-0.25, -0.2) is 0 Å². The summed E-state index contributed by atoms with van der Waals surface area (Å²) >= 11 is 0. The van der Waals surface area contributed by atoms with Crippen molar-refractivity contribution in [3.8, 4) is 0 Å². The minimum absolute atomic E-state index is 0.162. The van der Waals surface area contributed by atoms with E-state index in [-0.39, 0.29) is 5.97 Å². The van der Waals surface area contributed by atoms with Crippen LogP contribution in [0.15, 0.2) is 0 Å². The standard InChI is InChI=1S/C15H27N3O2/c1-11(2)9-16-10-14-12(3)17-18(13(14)4)8-6-7-15(19)20-5/h11,16H,6-10H2,1-5H3. The molecule has 1 heterocycles. The second kappa shape index (κ2) is 8.04. The summed E-state index contributed by atoms with van der Waals surface area (Å²) in [4.78, 5) is 11.1. The third-order valence-electron chi connectivity index (χ3n) is 3.36. The maximum atomic E-state index is 11.1. The van der Waals surface area contributed by atoms with Crippen molar-refractivity contribution in [1.82, 2.24) is 15.1 Å². The molecule has 0 aliphatic heterocycles. The summed E-state index contributed by atoms with van der Waals surface area (Å²) in [5.74, 6) is 0.482. The summed E-state index contributed by atoms with van der Waals surface area (Å²) in [6, 6.07) is 0. The molecule has 1 aromatic heterocycles. The molecule has 114 valence electrons. The molecule has 20 heavy (non-hydrogen) atoms. The number of nitrogens with zero attached hydrogens (tertiary/aromatic N) is 2. The summed E-state index contributed by atoms with van der Waals surface area (Å²) in [5.41, 5.74) is 3.52. The monoisotopic (exact) mass is 281 g/mol. The maximum absolute atomic E-state index is 11.1. The van der Waals surface area contributed by atoms with Crippen LogP contribution >= 0.6 is 0 Å². The quantitative estimate of drug-likeness (QED) is 0.742. The van der Waals surface area contributed by atoms with Gasteiger partial charge in [-0.2, -0.15) is 5.10 Å². The number of aryl methyl sites for hydroxylation is 2. The highest BCUT2D eigenvalue weighted by Crippen LogP contribution is 2.13. The molecule has 0 aromatic carbocycles. The van der Waals surface area contributed by atoms with Crippen LogP contribution in [0, 0.1) is 19.8 Å². The lowest BCUT2D eigenvalue weighted by atomic mass is 10.1. The Morgan fingerprint density at radius 2 is 2.10 bits per heavy atom. The molecule has 5 heteroatoms. The van der Waals surface area contributed by atoms with Gasteiger partial charge in [0.05, 0.1) is 12.8 Å². The van der Waals surface area contributed by atoms with Crippen LogP contribution in [0.5, 0.6) is 0 Å². The summed E-state index contributed by atoms with van der Waals surface area (Å²) in [5, 5.41) is 8.01. The van der Waals surface area contributed by atoms with Crippen molar-refractivity contribution in [2.45, 2.75) is 53.6 Å². The van der Waals surface area contributed by atoms with Gasteiger partial charge in [0.15, 0.2) is 0 Å². The molecule has 0 radical (unpaired) electrons. The molecular formula is C15H27N3O2. The first-order chi connectivity index (χ1) is 9.45. The van der Waals surface area contributed by atoms with Gasteiger partial charge in [-0.05, 0) is 32.7 Å². The van der Waals surface area contributed by atoms with Gasteiger partial charge in [0.2, 0.25) is 0 Å². The second-order valence-corrected chi connectivity index (χ2v) is 5.58. The molecule has 0 aliphatic rings. The van der Waals surface area contributed by atoms with Gasteiger partial charge in [0.1, 0.15) is 0 Å². The molecule has 0 saturated carbocycles. The van der Waals surface area contributed by atoms with E-state index in [1.807, 2.05) is 11.6 Å². The predicted molar refractivity (Wildman–Crippen MR) is 79.5 cm³/mol. The Kier molecular flexibility index (Phi) is 6.71. The molecule has 0 fully saturated rings. The van der Waals surface area contributed by atoms with Crippen molar-refractivity contribution >= 4 is 5.97 Å². The number of nitrogens with one attached hydrogen (secondary N) is 1. The molecule has 0 amide bonds. The maximum Gasteiger partial charge on any atom is 0.305 e. The summed E-state index contributed by atoms with van der Waals surface area (Å²) in [6.45, 7) is 11.1. The van der Waals surface area contributed by atoms with E-state index in [0.717, 1.165) is 31.7 Å². The molecule has 0 unspecified atom stereocenters. The smallest absolute Gasteiger partial charge is 0.305 e. The number of rotatable bonds is 8. The van der Waals surface area contributed by atoms with Crippen molar-refractivity contribution in [1.29, 1.82) is 0 Å². The van der Waals surface area contributed by atoms with Crippen LogP contribution in [0.1, 0.15) is 43.6 Å². The van der Waals surface area contributed by atoms with E-state index in [9.17, 15) is 4.79 Å². The zero-order valence-electron chi connectivity index (χ0n) is 13.3. The molecule has 1 rings (SSSR count). The first kappa shape index (κ1) is 16.7. The van der Waals surface area contributed by atoms with Gasteiger partial charge >= 0.3 is 5.97 Å². The van der Waals surface area contributed by atoms with Gasteiger partial charge in [0.25, 0.3) is 0 Å². The summed E-state index contributed by atoms with van der Waals surface area (Å²) < 4.78 is 6.63. The van der Waals surface area contributed by atoms with Gasteiger partial charge < -0.3 is 10.1 Å². The summed E-state index contributed by atoms with van der Waals surface area (Å²) in [7, 11) is 1.42. The Morgan fingerprint density at radius 3 is 2.70 bits per heavy atom. The van der Waals surface area contributed by atoms with Crippen LogP contribution in [0.4, 0.5) is 0 Å². The van der Waals surface area contributed by atoms with Gasteiger partial charge in [-0.1, -0.05) is 13.8 Å². The SMILES string of the molecule is COC(=O)CCCn1nc(C)c(CNCC(C)C)c1C. The lowest BCUT2D eigenvalue weighted by molar-refractivity contribution is -0.140. The molecule has 0 bridgehead atoms. The van der Waals surface area contributed by atoms with Crippen molar-refractivity contribution in [3.63, 3.8) is 0 Å². The number of methoxy groups -OCH3 is 1. The lowest BCUT2D eigenvalue weighted by Crippen LogP contribution is -2.19. The number of hydrogen-bond acceptors (Lipinski definition) is 4. The van der Waals surface area contributed by atoms with Gasteiger partial charge in [-0.15, -0.1) is 0 Å². The Balaban J connectivity index is 2.55. The first-order valence-electron chi connectivity index (χ1n) is 7.26. The highest BCUT2D eigenvalue weighted by Gasteiger charge is 2.11. The van der Waals surface area contributed by atoms with E-state index in [4.69, 9.17) is 0 Å². The fraction of sp³-hybridized carbons (Fsp3) is 0.733. The number of ether oxygens (including phenoxy) is 1. The third kappa shape index (κ3) is 4.96. The first-order valence-corrected chi connectivity index (χ1v) is 7.26. The zero-order valence-corrected chi connectivity index (χ0v) is 13.3. The van der Waals surface area contributed by atoms with Gasteiger partial charge in [0, 0.05) is 30.8 Å². The van der Waals surface area contributed by atoms with Crippen molar-refractivity contribution in [2.24, 2.45) is 5.92 Å². The van der Waals surface area contributed by atoms with E-state index in [1.165, 1.54) is 18.4 Å². The number of aromatic nitrogens is 2. The van der Waals surface area contributed by atoms with E-state index in [2.05, 4.69) is 35.9 Å². The Bertz CT molecular complexity index is 439. The Morgan fingerprint density at radius 1 is 1.40 bits per heavy atom.